The highest BCUT2D eigenvalue weighted by atomic mass is 19.4. The number of aliphatic hydroxyl groups is 1. The van der Waals surface area contributed by atoms with Crippen LogP contribution in [0, 0.1) is 23.7 Å². The first-order valence-electron chi connectivity index (χ1n) is 8.55. The van der Waals surface area contributed by atoms with Crippen LogP contribution >= 0.6 is 0 Å². The van der Waals surface area contributed by atoms with Crippen LogP contribution in [0.2, 0.25) is 0 Å². The van der Waals surface area contributed by atoms with Crippen LogP contribution < -0.4 is 0 Å². The maximum absolute atomic E-state index is 13.6. The number of rotatable bonds is 0. The summed E-state index contributed by atoms with van der Waals surface area (Å²) in [6, 6.07) is 0. The molecule has 24 heavy (non-hydrogen) atoms. The van der Waals surface area contributed by atoms with Gasteiger partial charge in [0.05, 0.1) is 0 Å². The van der Waals surface area contributed by atoms with Gasteiger partial charge in [0.25, 0.3) is 5.79 Å². The van der Waals surface area contributed by atoms with Gasteiger partial charge >= 0.3 is 6.18 Å². The number of halogens is 3. The van der Waals surface area contributed by atoms with Gasteiger partial charge in [-0.3, -0.25) is 0 Å². The summed E-state index contributed by atoms with van der Waals surface area (Å²) in [5.41, 5.74) is -1.11. The van der Waals surface area contributed by atoms with Crippen LogP contribution in [0.15, 0.2) is 0 Å². The fraction of sp³-hybridized carbons (Fsp3) is 1.00. The Kier molecular flexibility index (Phi) is 3.44. The van der Waals surface area contributed by atoms with Gasteiger partial charge in [0.15, 0.2) is 11.9 Å². The smallest absolute Gasteiger partial charge is 0.358 e. The van der Waals surface area contributed by atoms with Gasteiger partial charge in [0.1, 0.15) is 0 Å². The van der Waals surface area contributed by atoms with Gasteiger partial charge in [0, 0.05) is 18.3 Å². The highest BCUT2D eigenvalue weighted by molar-refractivity contribution is 5.12. The number of alkyl halides is 3. The van der Waals surface area contributed by atoms with Crippen LogP contribution in [-0.2, 0) is 19.2 Å². The monoisotopic (exact) mass is 352 g/mol. The zero-order valence-electron chi connectivity index (χ0n) is 13.9. The van der Waals surface area contributed by atoms with Crippen LogP contribution in [-0.4, -0.2) is 34.7 Å². The van der Waals surface area contributed by atoms with Gasteiger partial charge in [-0.2, -0.15) is 13.2 Å². The molecule has 0 aromatic rings. The molecule has 0 radical (unpaired) electrons. The third kappa shape index (κ3) is 1.95. The van der Waals surface area contributed by atoms with Gasteiger partial charge in [-0.05, 0) is 38.0 Å². The fourth-order valence-electron chi connectivity index (χ4n) is 5.25. The second kappa shape index (κ2) is 4.85. The van der Waals surface area contributed by atoms with E-state index in [0.717, 1.165) is 12.8 Å². The highest BCUT2D eigenvalue weighted by Gasteiger charge is 2.76. The van der Waals surface area contributed by atoms with Crippen molar-refractivity contribution in [3.8, 4) is 0 Å². The molecule has 0 aromatic heterocycles. The zero-order valence-corrected chi connectivity index (χ0v) is 13.9. The van der Waals surface area contributed by atoms with E-state index in [-0.39, 0.29) is 11.8 Å². The topological polar surface area (TPSA) is 57.2 Å². The van der Waals surface area contributed by atoms with Crippen molar-refractivity contribution >= 4 is 0 Å². The predicted octanol–water partition coefficient (Wildman–Crippen LogP) is 3.12. The molecule has 5 rings (SSSR count). The number of hydrogen-bond acceptors (Lipinski definition) is 5. The Labute approximate surface area is 138 Å². The lowest BCUT2D eigenvalue weighted by atomic mass is 9.57. The SMILES string of the molecule is C[C@@H]1CC[C@H]2[C@@H](C)[C@](O)(C(F)(F)F)O[C@@H]3O[C@@]4(C)CCC1[C@]32OO4. The summed E-state index contributed by atoms with van der Waals surface area (Å²) in [6.45, 7) is 5.08. The van der Waals surface area contributed by atoms with Crippen LogP contribution in [0.4, 0.5) is 13.2 Å². The molecule has 1 unspecified atom stereocenters. The minimum Gasteiger partial charge on any atom is -0.358 e. The first-order chi connectivity index (χ1) is 11.0. The fourth-order valence-corrected chi connectivity index (χ4v) is 5.25. The second-order valence-corrected chi connectivity index (χ2v) is 8.01. The average molecular weight is 352 g/mol. The van der Waals surface area contributed by atoms with E-state index in [2.05, 4.69) is 6.92 Å². The minimum absolute atomic E-state index is 0.0363. The number of fused-ring (bicyclic) bond motifs is 2. The van der Waals surface area contributed by atoms with E-state index in [4.69, 9.17) is 19.2 Å². The molecule has 4 heterocycles. The summed E-state index contributed by atoms with van der Waals surface area (Å²) < 4.78 is 51.7. The van der Waals surface area contributed by atoms with Crippen molar-refractivity contribution in [1.29, 1.82) is 0 Å². The molecule has 0 aromatic carbocycles. The first-order valence-corrected chi connectivity index (χ1v) is 8.55. The van der Waals surface area contributed by atoms with Crippen molar-refractivity contribution in [3.63, 3.8) is 0 Å². The van der Waals surface area contributed by atoms with Gasteiger partial charge in [-0.1, -0.05) is 13.8 Å². The zero-order chi connectivity index (χ0) is 17.5. The van der Waals surface area contributed by atoms with Crippen molar-refractivity contribution in [2.75, 3.05) is 0 Å². The van der Waals surface area contributed by atoms with Crippen LogP contribution in [0.25, 0.3) is 0 Å². The Morgan fingerprint density at radius 1 is 1.00 bits per heavy atom. The average Bonchev–Trinajstić information content (AvgIpc) is 2.70. The molecule has 8 heteroatoms. The Bertz CT molecular complexity index is 542. The summed E-state index contributed by atoms with van der Waals surface area (Å²) in [6.07, 6.45) is -3.70. The highest BCUT2D eigenvalue weighted by Crippen LogP contribution is 2.63. The lowest BCUT2D eigenvalue weighted by Gasteiger charge is -2.62. The molecule has 5 fully saturated rings. The molecule has 1 saturated carbocycles. The standard InChI is InChI=1S/C16H23F3O5/c1-8-4-5-11-9(2)15(20,16(17,18)19)22-12-14(11)10(8)6-7-13(3,21-12)23-24-14/h8-12,20H,4-7H2,1-3H3/t8-,9-,10?,11+,12+,13-,14-,15-/m1/s1. The molecular formula is C16H23F3O5. The van der Waals surface area contributed by atoms with Crippen molar-refractivity contribution in [2.24, 2.45) is 23.7 Å². The summed E-state index contributed by atoms with van der Waals surface area (Å²) >= 11 is 0. The summed E-state index contributed by atoms with van der Waals surface area (Å²) in [7, 11) is 0. The Hall–Kier alpha value is -0.410. The predicted molar refractivity (Wildman–Crippen MR) is 74.0 cm³/mol. The van der Waals surface area contributed by atoms with E-state index in [1.165, 1.54) is 6.92 Å². The lowest BCUT2D eigenvalue weighted by molar-refractivity contribution is -0.597. The van der Waals surface area contributed by atoms with Gasteiger partial charge < -0.3 is 14.6 Å². The molecule has 5 nitrogen and oxygen atoms in total. The lowest BCUT2D eigenvalue weighted by Crippen LogP contribution is -2.75. The molecule has 8 atom stereocenters. The van der Waals surface area contributed by atoms with Crippen molar-refractivity contribution in [2.45, 2.75) is 76.1 Å². The van der Waals surface area contributed by atoms with E-state index in [9.17, 15) is 18.3 Å². The van der Waals surface area contributed by atoms with E-state index in [1.807, 2.05) is 0 Å². The molecule has 1 N–H and O–H groups in total. The molecule has 4 aliphatic heterocycles. The van der Waals surface area contributed by atoms with Crippen molar-refractivity contribution in [1.82, 2.24) is 0 Å². The van der Waals surface area contributed by atoms with E-state index >= 15 is 0 Å². The van der Waals surface area contributed by atoms with Crippen LogP contribution in [0.5, 0.6) is 0 Å². The molecule has 1 aliphatic carbocycles. The molecule has 138 valence electrons. The molecule has 2 bridgehead atoms. The number of hydrogen-bond donors (Lipinski definition) is 1. The maximum atomic E-state index is 13.6. The van der Waals surface area contributed by atoms with Crippen LogP contribution in [0.3, 0.4) is 0 Å². The quantitative estimate of drug-likeness (QED) is 0.679. The Morgan fingerprint density at radius 2 is 1.71 bits per heavy atom. The summed E-state index contributed by atoms with van der Waals surface area (Å²) in [4.78, 5) is 11.3. The second-order valence-electron chi connectivity index (χ2n) is 8.01. The molecule has 1 spiro atoms. The summed E-state index contributed by atoms with van der Waals surface area (Å²) in [5, 5.41) is 10.4. The van der Waals surface area contributed by atoms with Crippen LogP contribution in [0.1, 0.15) is 46.5 Å². The van der Waals surface area contributed by atoms with Gasteiger partial charge in [-0.25, -0.2) is 9.78 Å². The van der Waals surface area contributed by atoms with Crippen molar-refractivity contribution in [3.05, 3.63) is 0 Å². The largest absolute Gasteiger partial charge is 0.443 e. The molecular weight excluding hydrogens is 329 g/mol. The Morgan fingerprint density at radius 3 is 2.38 bits per heavy atom. The van der Waals surface area contributed by atoms with Gasteiger partial charge in [-0.15, -0.1) is 0 Å². The minimum atomic E-state index is -4.91. The molecule has 5 aliphatic rings. The number of ether oxygens (including phenoxy) is 2. The first kappa shape index (κ1) is 17.0. The third-order valence-electron chi connectivity index (χ3n) is 6.69. The normalized spacial score (nSPS) is 57.4. The van der Waals surface area contributed by atoms with E-state index < -0.39 is 41.5 Å². The molecule has 4 saturated heterocycles. The molecule has 0 amide bonds. The van der Waals surface area contributed by atoms with E-state index in [1.54, 1.807) is 6.92 Å². The van der Waals surface area contributed by atoms with Crippen molar-refractivity contribution < 1.29 is 37.5 Å². The maximum Gasteiger partial charge on any atom is 0.443 e. The van der Waals surface area contributed by atoms with E-state index in [0.29, 0.717) is 12.8 Å². The third-order valence-corrected chi connectivity index (χ3v) is 6.69. The van der Waals surface area contributed by atoms with Gasteiger partial charge in [0.2, 0.25) is 5.79 Å². The summed E-state index contributed by atoms with van der Waals surface area (Å²) in [5.74, 6) is -5.94. The Balaban J connectivity index is 1.84.